The van der Waals surface area contributed by atoms with Gasteiger partial charge < -0.3 is 11.1 Å². The molecule has 130 valence electrons. The third kappa shape index (κ3) is 6.23. The van der Waals surface area contributed by atoms with Gasteiger partial charge in [-0.05, 0) is 37.6 Å². The zero-order chi connectivity index (χ0) is 17.7. The second kappa shape index (κ2) is 8.11. The summed E-state index contributed by atoms with van der Waals surface area (Å²) in [7, 11) is -3.13. The SMILES string of the molecule is Cc1csc(Sc2ccc(NC(=O)C(N)CCS(C)(=O)=O)cc2)n1. The highest BCUT2D eigenvalue weighted by Gasteiger charge is 2.16. The van der Waals surface area contributed by atoms with Gasteiger partial charge in [-0.15, -0.1) is 11.3 Å². The Morgan fingerprint density at radius 1 is 1.38 bits per heavy atom. The molecule has 3 N–H and O–H groups in total. The molecule has 0 fully saturated rings. The Bertz CT molecular complexity index is 801. The lowest BCUT2D eigenvalue weighted by Crippen LogP contribution is -2.37. The van der Waals surface area contributed by atoms with E-state index in [1.807, 2.05) is 24.4 Å². The molecule has 0 bridgehead atoms. The van der Waals surface area contributed by atoms with Crippen molar-refractivity contribution in [3.8, 4) is 0 Å². The second-order valence-corrected chi connectivity index (χ2v) is 9.83. The van der Waals surface area contributed by atoms with Crippen LogP contribution < -0.4 is 11.1 Å². The number of hydrogen-bond acceptors (Lipinski definition) is 7. The largest absolute Gasteiger partial charge is 0.325 e. The summed E-state index contributed by atoms with van der Waals surface area (Å²) in [5, 5.41) is 4.69. The van der Waals surface area contributed by atoms with E-state index in [4.69, 9.17) is 5.73 Å². The van der Waals surface area contributed by atoms with Gasteiger partial charge >= 0.3 is 0 Å². The third-order valence-electron chi connectivity index (χ3n) is 3.06. The van der Waals surface area contributed by atoms with Gasteiger partial charge in [0.2, 0.25) is 5.91 Å². The summed E-state index contributed by atoms with van der Waals surface area (Å²) in [6, 6.07) is 6.48. The van der Waals surface area contributed by atoms with Crippen molar-refractivity contribution in [3.05, 3.63) is 35.3 Å². The summed E-state index contributed by atoms with van der Waals surface area (Å²) >= 11 is 3.14. The molecule has 0 radical (unpaired) electrons. The van der Waals surface area contributed by atoms with Crippen molar-refractivity contribution in [1.82, 2.24) is 4.98 Å². The maximum atomic E-state index is 12.0. The van der Waals surface area contributed by atoms with Crippen LogP contribution in [0.2, 0.25) is 0 Å². The van der Waals surface area contributed by atoms with Gasteiger partial charge in [0.05, 0.1) is 11.8 Å². The summed E-state index contributed by atoms with van der Waals surface area (Å²) in [6.45, 7) is 1.95. The standard InChI is InChI=1S/C15H19N3O3S3/c1-10-9-22-15(17-10)23-12-5-3-11(4-6-12)18-14(19)13(16)7-8-24(2,20)21/h3-6,9,13H,7-8,16H2,1-2H3,(H,18,19). The van der Waals surface area contributed by atoms with Gasteiger partial charge in [0.15, 0.2) is 4.34 Å². The Labute approximate surface area is 149 Å². The molecule has 0 aliphatic rings. The highest BCUT2D eigenvalue weighted by molar-refractivity contribution is 8.01. The van der Waals surface area contributed by atoms with Crippen molar-refractivity contribution in [2.75, 3.05) is 17.3 Å². The predicted octanol–water partition coefficient (Wildman–Crippen LogP) is 2.30. The fourth-order valence-corrected chi connectivity index (χ4v) is 4.29. The first-order valence-electron chi connectivity index (χ1n) is 7.17. The molecular formula is C15H19N3O3S3. The van der Waals surface area contributed by atoms with Crippen LogP contribution in [0.4, 0.5) is 5.69 Å². The van der Waals surface area contributed by atoms with E-state index >= 15 is 0 Å². The van der Waals surface area contributed by atoms with Crippen LogP contribution in [-0.2, 0) is 14.6 Å². The highest BCUT2D eigenvalue weighted by atomic mass is 32.2. The molecular weight excluding hydrogens is 366 g/mol. The van der Waals surface area contributed by atoms with E-state index in [1.165, 1.54) is 0 Å². The second-order valence-electron chi connectivity index (χ2n) is 5.40. The number of sulfone groups is 1. The minimum Gasteiger partial charge on any atom is -0.325 e. The fraction of sp³-hybridized carbons (Fsp3) is 0.333. The van der Waals surface area contributed by atoms with Gasteiger partial charge in [0, 0.05) is 27.9 Å². The lowest BCUT2D eigenvalue weighted by Gasteiger charge is -2.12. The summed E-state index contributed by atoms with van der Waals surface area (Å²) in [5.74, 6) is -0.501. The summed E-state index contributed by atoms with van der Waals surface area (Å²) in [5.41, 5.74) is 7.33. The molecule has 6 nitrogen and oxygen atoms in total. The van der Waals surface area contributed by atoms with E-state index in [0.29, 0.717) is 5.69 Å². The molecule has 0 aliphatic heterocycles. The predicted molar refractivity (Wildman–Crippen MR) is 98.3 cm³/mol. The van der Waals surface area contributed by atoms with E-state index in [-0.39, 0.29) is 12.2 Å². The van der Waals surface area contributed by atoms with E-state index in [1.54, 1.807) is 35.2 Å². The maximum Gasteiger partial charge on any atom is 0.241 e. The van der Waals surface area contributed by atoms with Crippen LogP contribution >= 0.6 is 23.1 Å². The fourth-order valence-electron chi connectivity index (χ4n) is 1.79. The number of anilines is 1. The molecule has 2 aromatic rings. The van der Waals surface area contributed by atoms with Crippen molar-refractivity contribution in [3.63, 3.8) is 0 Å². The average Bonchev–Trinajstić information content (AvgIpc) is 2.91. The lowest BCUT2D eigenvalue weighted by molar-refractivity contribution is -0.117. The van der Waals surface area contributed by atoms with Crippen molar-refractivity contribution in [2.24, 2.45) is 5.73 Å². The quantitative estimate of drug-likeness (QED) is 0.758. The highest BCUT2D eigenvalue weighted by Crippen LogP contribution is 2.30. The monoisotopic (exact) mass is 385 g/mol. The number of nitrogens with one attached hydrogen (secondary N) is 1. The van der Waals surface area contributed by atoms with Crippen LogP contribution in [0.3, 0.4) is 0 Å². The number of carbonyl (C=O) groups excluding carboxylic acids is 1. The topological polar surface area (TPSA) is 102 Å². The molecule has 1 amide bonds. The van der Waals surface area contributed by atoms with E-state index in [0.717, 1.165) is 21.2 Å². The molecule has 1 unspecified atom stereocenters. The van der Waals surface area contributed by atoms with Gasteiger partial charge in [-0.1, -0.05) is 11.8 Å². The molecule has 0 saturated heterocycles. The van der Waals surface area contributed by atoms with E-state index in [2.05, 4.69) is 10.3 Å². The molecule has 0 saturated carbocycles. The van der Waals surface area contributed by atoms with Crippen LogP contribution in [0.25, 0.3) is 0 Å². The summed E-state index contributed by atoms with van der Waals surface area (Å²) in [4.78, 5) is 17.4. The maximum absolute atomic E-state index is 12.0. The van der Waals surface area contributed by atoms with E-state index in [9.17, 15) is 13.2 Å². The first-order chi connectivity index (χ1) is 11.2. The number of aryl methyl sites for hydroxylation is 1. The summed E-state index contributed by atoms with van der Waals surface area (Å²) in [6.07, 6.45) is 1.22. The average molecular weight is 386 g/mol. The Hall–Kier alpha value is -1.42. The van der Waals surface area contributed by atoms with Crippen LogP contribution in [0.1, 0.15) is 12.1 Å². The normalized spacial score (nSPS) is 12.8. The molecule has 0 aliphatic carbocycles. The molecule has 9 heteroatoms. The number of nitrogens with two attached hydrogens (primary N) is 1. The number of aromatic nitrogens is 1. The van der Waals surface area contributed by atoms with Gasteiger partial charge in [-0.25, -0.2) is 13.4 Å². The van der Waals surface area contributed by atoms with Crippen LogP contribution in [0, 0.1) is 6.92 Å². The molecule has 1 aromatic carbocycles. The van der Waals surface area contributed by atoms with Gasteiger partial charge in [0.1, 0.15) is 9.84 Å². The number of amides is 1. The Balaban J connectivity index is 1.89. The number of thiazole rings is 1. The number of nitrogens with zero attached hydrogens (tertiary/aromatic N) is 1. The van der Waals surface area contributed by atoms with Crippen LogP contribution in [0.5, 0.6) is 0 Å². The Morgan fingerprint density at radius 3 is 2.58 bits per heavy atom. The minimum atomic E-state index is -3.13. The van der Waals surface area contributed by atoms with Crippen molar-refractivity contribution in [2.45, 2.75) is 28.6 Å². The Kier molecular flexibility index (Phi) is 6.39. The van der Waals surface area contributed by atoms with Gasteiger partial charge in [0.25, 0.3) is 0 Å². The van der Waals surface area contributed by atoms with E-state index < -0.39 is 21.8 Å². The zero-order valence-corrected chi connectivity index (χ0v) is 15.8. The first kappa shape index (κ1) is 18.9. The lowest BCUT2D eigenvalue weighted by atomic mass is 10.2. The molecule has 1 heterocycles. The molecule has 24 heavy (non-hydrogen) atoms. The number of hydrogen-bond donors (Lipinski definition) is 2. The van der Waals surface area contributed by atoms with Gasteiger partial charge in [-0.3, -0.25) is 4.79 Å². The van der Waals surface area contributed by atoms with Crippen LogP contribution in [0.15, 0.2) is 38.9 Å². The van der Waals surface area contributed by atoms with Crippen molar-refractivity contribution < 1.29 is 13.2 Å². The molecule has 0 spiro atoms. The van der Waals surface area contributed by atoms with Gasteiger partial charge in [-0.2, -0.15) is 0 Å². The minimum absolute atomic E-state index is 0.0992. The zero-order valence-electron chi connectivity index (χ0n) is 13.4. The van der Waals surface area contributed by atoms with Crippen molar-refractivity contribution in [1.29, 1.82) is 0 Å². The summed E-state index contributed by atoms with van der Waals surface area (Å²) < 4.78 is 23.2. The number of benzene rings is 1. The third-order valence-corrected chi connectivity index (χ3v) is 6.10. The molecule has 2 rings (SSSR count). The van der Waals surface area contributed by atoms with Crippen molar-refractivity contribution >= 4 is 44.5 Å². The number of carbonyl (C=O) groups is 1. The smallest absolute Gasteiger partial charge is 0.241 e. The first-order valence-corrected chi connectivity index (χ1v) is 10.9. The van der Waals surface area contributed by atoms with Crippen LogP contribution in [-0.4, -0.2) is 37.4 Å². The molecule has 1 aromatic heterocycles. The Morgan fingerprint density at radius 2 is 2.04 bits per heavy atom. The number of rotatable bonds is 7. The molecule has 1 atom stereocenters.